The number of aryl methyl sites for hydroxylation is 1. The molecule has 0 radical (unpaired) electrons. The highest BCUT2D eigenvalue weighted by molar-refractivity contribution is 5.89. The molecule has 0 bridgehead atoms. The van der Waals surface area contributed by atoms with Crippen LogP contribution in [0.5, 0.6) is 0 Å². The number of anilines is 2. The molecule has 1 atom stereocenters. The monoisotopic (exact) mass is 345 g/mol. The number of piperazine rings is 1. The maximum absolute atomic E-state index is 13.7. The van der Waals surface area contributed by atoms with Crippen molar-refractivity contribution in [2.45, 2.75) is 19.9 Å². The first-order valence-corrected chi connectivity index (χ1v) is 8.28. The predicted molar refractivity (Wildman–Crippen MR) is 94.9 cm³/mol. The zero-order valence-electron chi connectivity index (χ0n) is 14.3. The summed E-state index contributed by atoms with van der Waals surface area (Å²) in [5.74, 6) is -1.45. The number of hydrogen-bond acceptors (Lipinski definition) is 2. The number of nitrogens with one attached hydrogen (secondary N) is 1. The fourth-order valence-electron chi connectivity index (χ4n) is 3.05. The smallest absolute Gasteiger partial charge is 0.322 e. The van der Waals surface area contributed by atoms with Gasteiger partial charge in [-0.25, -0.2) is 13.6 Å². The number of halogens is 2. The van der Waals surface area contributed by atoms with Gasteiger partial charge in [0.05, 0.1) is 5.69 Å². The van der Waals surface area contributed by atoms with Crippen molar-refractivity contribution in [3.63, 3.8) is 0 Å². The summed E-state index contributed by atoms with van der Waals surface area (Å²) in [7, 11) is 0. The normalized spacial score (nSPS) is 17.5. The third kappa shape index (κ3) is 3.90. The molecule has 1 aliphatic heterocycles. The summed E-state index contributed by atoms with van der Waals surface area (Å²) < 4.78 is 26.6. The summed E-state index contributed by atoms with van der Waals surface area (Å²) in [5, 5.41) is 2.52. The van der Waals surface area contributed by atoms with Gasteiger partial charge in [0.2, 0.25) is 0 Å². The van der Waals surface area contributed by atoms with Crippen molar-refractivity contribution >= 4 is 17.4 Å². The van der Waals surface area contributed by atoms with E-state index in [1.165, 1.54) is 11.6 Å². The molecule has 0 saturated carbocycles. The van der Waals surface area contributed by atoms with E-state index in [9.17, 15) is 13.6 Å². The van der Waals surface area contributed by atoms with E-state index < -0.39 is 11.6 Å². The van der Waals surface area contributed by atoms with Gasteiger partial charge in [0.15, 0.2) is 0 Å². The molecule has 1 heterocycles. The summed E-state index contributed by atoms with van der Waals surface area (Å²) >= 11 is 0. The van der Waals surface area contributed by atoms with Gasteiger partial charge in [-0.05, 0) is 38.1 Å². The number of benzene rings is 2. The second kappa shape index (κ2) is 7.09. The van der Waals surface area contributed by atoms with Gasteiger partial charge < -0.3 is 15.1 Å². The van der Waals surface area contributed by atoms with Crippen molar-refractivity contribution in [3.05, 3.63) is 59.7 Å². The van der Waals surface area contributed by atoms with Crippen LogP contribution in [0.15, 0.2) is 42.5 Å². The summed E-state index contributed by atoms with van der Waals surface area (Å²) in [4.78, 5) is 16.3. The van der Waals surface area contributed by atoms with Gasteiger partial charge in [-0.1, -0.05) is 17.7 Å². The van der Waals surface area contributed by atoms with Crippen molar-refractivity contribution in [1.82, 2.24) is 4.90 Å². The average molecular weight is 345 g/mol. The molecule has 0 aliphatic carbocycles. The maximum Gasteiger partial charge on any atom is 0.322 e. The van der Waals surface area contributed by atoms with Gasteiger partial charge in [0.25, 0.3) is 0 Å². The number of amides is 2. The largest absolute Gasteiger partial charge is 0.365 e. The molecule has 25 heavy (non-hydrogen) atoms. The molecule has 4 nitrogen and oxygen atoms in total. The van der Waals surface area contributed by atoms with E-state index in [2.05, 4.69) is 41.4 Å². The zero-order chi connectivity index (χ0) is 18.0. The van der Waals surface area contributed by atoms with Gasteiger partial charge >= 0.3 is 6.03 Å². The van der Waals surface area contributed by atoms with Crippen LogP contribution < -0.4 is 10.2 Å². The number of hydrogen-bond donors (Lipinski definition) is 1. The summed E-state index contributed by atoms with van der Waals surface area (Å²) in [6.07, 6.45) is 0. The molecule has 0 spiro atoms. The van der Waals surface area contributed by atoms with Crippen molar-refractivity contribution < 1.29 is 13.6 Å². The fourth-order valence-corrected chi connectivity index (χ4v) is 3.05. The number of carbonyl (C=O) groups is 1. The molecular formula is C19H21F2N3O. The molecule has 2 aromatic carbocycles. The Kier molecular flexibility index (Phi) is 4.88. The van der Waals surface area contributed by atoms with E-state index in [4.69, 9.17) is 0 Å². The van der Waals surface area contributed by atoms with E-state index in [1.54, 1.807) is 4.90 Å². The standard InChI is InChI=1S/C19H21F2N3O/c1-13-3-6-16(7-4-13)24-10-9-23(12-14(24)2)19(25)22-18-8-5-15(20)11-17(18)21/h3-8,11,14H,9-10,12H2,1-2H3,(H,22,25)/t14-/m1/s1. The lowest BCUT2D eigenvalue weighted by Crippen LogP contribution is -2.54. The molecule has 6 heteroatoms. The van der Waals surface area contributed by atoms with Crippen LogP contribution in [0.3, 0.4) is 0 Å². The number of urea groups is 1. The van der Waals surface area contributed by atoms with Gasteiger partial charge in [0.1, 0.15) is 11.6 Å². The van der Waals surface area contributed by atoms with Crippen LogP contribution in [-0.4, -0.2) is 36.6 Å². The Morgan fingerprint density at radius 2 is 1.84 bits per heavy atom. The van der Waals surface area contributed by atoms with Crippen molar-refractivity contribution in [1.29, 1.82) is 0 Å². The molecule has 0 aromatic heterocycles. The Labute approximate surface area is 146 Å². The highest BCUT2D eigenvalue weighted by atomic mass is 19.1. The van der Waals surface area contributed by atoms with E-state index in [0.717, 1.165) is 17.8 Å². The number of rotatable bonds is 2. The molecule has 1 saturated heterocycles. The van der Waals surface area contributed by atoms with Gasteiger partial charge in [-0.3, -0.25) is 0 Å². The second-order valence-electron chi connectivity index (χ2n) is 6.38. The Hall–Kier alpha value is -2.63. The Balaban J connectivity index is 1.64. The van der Waals surface area contributed by atoms with Crippen molar-refractivity contribution in [2.75, 3.05) is 29.9 Å². The molecule has 2 amide bonds. The second-order valence-corrected chi connectivity index (χ2v) is 6.38. The third-order valence-electron chi connectivity index (χ3n) is 4.45. The molecule has 2 aromatic rings. The maximum atomic E-state index is 13.7. The Morgan fingerprint density at radius 1 is 1.12 bits per heavy atom. The molecule has 1 fully saturated rings. The zero-order valence-corrected chi connectivity index (χ0v) is 14.3. The van der Waals surface area contributed by atoms with Crippen LogP contribution in [0.1, 0.15) is 12.5 Å². The van der Waals surface area contributed by atoms with Gasteiger partial charge in [-0.15, -0.1) is 0 Å². The minimum atomic E-state index is -0.778. The predicted octanol–water partition coefficient (Wildman–Crippen LogP) is 4.02. The van der Waals surface area contributed by atoms with Crippen molar-refractivity contribution in [3.8, 4) is 0 Å². The van der Waals surface area contributed by atoms with Gasteiger partial charge in [-0.2, -0.15) is 0 Å². The van der Waals surface area contributed by atoms with Crippen molar-refractivity contribution in [2.24, 2.45) is 0 Å². The first-order valence-electron chi connectivity index (χ1n) is 8.28. The lowest BCUT2D eigenvalue weighted by atomic mass is 10.1. The Bertz CT molecular complexity index is 764. The quantitative estimate of drug-likeness (QED) is 0.892. The van der Waals surface area contributed by atoms with Gasteiger partial charge in [0, 0.05) is 37.4 Å². The highest BCUT2D eigenvalue weighted by Gasteiger charge is 2.27. The SMILES string of the molecule is Cc1ccc(N2CCN(C(=O)Nc3ccc(F)cc3F)C[C@H]2C)cc1. The minimum Gasteiger partial charge on any atom is -0.365 e. The van der Waals surface area contributed by atoms with E-state index in [0.29, 0.717) is 19.6 Å². The number of nitrogens with zero attached hydrogens (tertiary/aromatic N) is 2. The molecule has 0 unspecified atom stereocenters. The van der Waals surface area contributed by atoms with Crippen LogP contribution in [0.2, 0.25) is 0 Å². The third-order valence-corrected chi connectivity index (χ3v) is 4.45. The molecule has 132 valence electrons. The lowest BCUT2D eigenvalue weighted by molar-refractivity contribution is 0.200. The van der Waals surface area contributed by atoms with E-state index in [1.807, 2.05) is 6.92 Å². The van der Waals surface area contributed by atoms with Crippen LogP contribution in [0.25, 0.3) is 0 Å². The Morgan fingerprint density at radius 3 is 2.48 bits per heavy atom. The molecular weight excluding hydrogens is 324 g/mol. The first kappa shape index (κ1) is 17.2. The van der Waals surface area contributed by atoms with E-state index in [-0.39, 0.29) is 17.8 Å². The van der Waals surface area contributed by atoms with E-state index >= 15 is 0 Å². The fraction of sp³-hybridized carbons (Fsp3) is 0.316. The lowest BCUT2D eigenvalue weighted by Gasteiger charge is -2.41. The number of carbonyl (C=O) groups excluding carboxylic acids is 1. The molecule has 1 aliphatic rings. The van der Waals surface area contributed by atoms with Crippen LogP contribution in [-0.2, 0) is 0 Å². The topological polar surface area (TPSA) is 35.6 Å². The minimum absolute atomic E-state index is 0.0139. The molecule has 1 N–H and O–H groups in total. The highest BCUT2D eigenvalue weighted by Crippen LogP contribution is 2.22. The summed E-state index contributed by atoms with van der Waals surface area (Å²) in [6.45, 7) is 5.86. The van der Waals surface area contributed by atoms with Crippen LogP contribution in [0.4, 0.5) is 25.0 Å². The van der Waals surface area contributed by atoms with Crippen LogP contribution in [0, 0.1) is 18.6 Å². The first-order chi connectivity index (χ1) is 11.9. The average Bonchev–Trinajstić information content (AvgIpc) is 2.58. The summed E-state index contributed by atoms with van der Waals surface area (Å²) in [6, 6.07) is 11.2. The molecule has 3 rings (SSSR count). The van der Waals surface area contributed by atoms with Crippen LogP contribution >= 0.6 is 0 Å². The summed E-state index contributed by atoms with van der Waals surface area (Å²) in [5.41, 5.74) is 2.32.